The van der Waals surface area contributed by atoms with Gasteiger partial charge in [0, 0.05) is 19.3 Å². The minimum atomic E-state index is -0.836. The first-order chi connectivity index (χ1) is 32.0. The van der Waals surface area contributed by atoms with E-state index < -0.39 is 6.10 Å². The molecule has 0 spiro atoms. The van der Waals surface area contributed by atoms with Gasteiger partial charge in [0.1, 0.15) is 13.2 Å². The van der Waals surface area contributed by atoms with E-state index in [2.05, 4.69) is 154 Å². The molecule has 0 heterocycles. The minimum Gasteiger partial charge on any atom is -0.462 e. The highest BCUT2D eigenvalue weighted by molar-refractivity contribution is 5.71. The SMILES string of the molecule is CC/C=C\C/C=C\C/C=C\C/C=C\C/C=C\CCCCCC(=O)OCC(COC(=O)CC/C=C\C/C=C\C/C=C\C/C=C\CC)OC(=O)CCCCCCC/C=C\C/C=C\C/C=C\CC. The van der Waals surface area contributed by atoms with Crippen LogP contribution in [0.3, 0.4) is 0 Å². The number of esters is 3. The van der Waals surface area contributed by atoms with Crippen molar-refractivity contribution in [3.8, 4) is 0 Å². The van der Waals surface area contributed by atoms with Gasteiger partial charge in [-0.3, -0.25) is 14.4 Å². The summed E-state index contributed by atoms with van der Waals surface area (Å²) in [5, 5.41) is 0. The zero-order valence-corrected chi connectivity index (χ0v) is 41.2. The Balaban J connectivity index is 4.58. The number of ether oxygens (including phenoxy) is 3. The van der Waals surface area contributed by atoms with E-state index in [9.17, 15) is 14.4 Å². The zero-order valence-electron chi connectivity index (χ0n) is 41.2. The first-order valence-corrected chi connectivity index (χ1v) is 25.3. The molecule has 362 valence electrons. The first-order valence-electron chi connectivity index (χ1n) is 25.3. The van der Waals surface area contributed by atoms with Crippen molar-refractivity contribution in [2.24, 2.45) is 0 Å². The third kappa shape index (κ3) is 50.2. The fourth-order valence-corrected chi connectivity index (χ4v) is 6.14. The maximum absolute atomic E-state index is 12.8. The molecule has 0 saturated heterocycles. The Morgan fingerprint density at radius 3 is 0.969 bits per heavy atom. The summed E-state index contributed by atoms with van der Waals surface area (Å²) in [6, 6.07) is 0. The van der Waals surface area contributed by atoms with Gasteiger partial charge in [-0.15, -0.1) is 0 Å². The van der Waals surface area contributed by atoms with Crippen molar-refractivity contribution in [3.63, 3.8) is 0 Å². The highest BCUT2D eigenvalue weighted by Crippen LogP contribution is 2.11. The van der Waals surface area contributed by atoms with Gasteiger partial charge in [-0.1, -0.05) is 192 Å². The van der Waals surface area contributed by atoms with Gasteiger partial charge in [0.05, 0.1) is 0 Å². The number of rotatable bonds is 43. The topological polar surface area (TPSA) is 78.9 Å². The predicted molar refractivity (Wildman–Crippen MR) is 279 cm³/mol. The van der Waals surface area contributed by atoms with E-state index >= 15 is 0 Å². The van der Waals surface area contributed by atoms with Gasteiger partial charge in [-0.2, -0.15) is 0 Å². The summed E-state index contributed by atoms with van der Waals surface area (Å²) in [5.41, 5.74) is 0. The van der Waals surface area contributed by atoms with Crippen LogP contribution in [0, 0.1) is 0 Å². The molecule has 0 aliphatic carbocycles. The summed E-state index contributed by atoms with van der Waals surface area (Å²) in [4.78, 5) is 37.9. The molecule has 0 aromatic rings. The van der Waals surface area contributed by atoms with Crippen LogP contribution < -0.4 is 0 Å². The van der Waals surface area contributed by atoms with Crippen molar-refractivity contribution in [2.45, 2.75) is 194 Å². The summed E-state index contributed by atoms with van der Waals surface area (Å²) < 4.78 is 16.7. The monoisotopic (exact) mass is 895 g/mol. The average molecular weight is 895 g/mol. The molecule has 0 aliphatic heterocycles. The summed E-state index contributed by atoms with van der Waals surface area (Å²) in [6.45, 7) is 6.16. The van der Waals surface area contributed by atoms with Gasteiger partial charge in [-0.25, -0.2) is 0 Å². The van der Waals surface area contributed by atoms with Crippen LogP contribution in [-0.2, 0) is 28.6 Å². The van der Waals surface area contributed by atoms with Crippen LogP contribution in [0.4, 0.5) is 0 Å². The molecular formula is C59H90O6. The van der Waals surface area contributed by atoms with Crippen molar-refractivity contribution in [1.29, 1.82) is 0 Å². The third-order valence-electron chi connectivity index (χ3n) is 9.83. The highest BCUT2D eigenvalue weighted by Gasteiger charge is 2.19. The zero-order chi connectivity index (χ0) is 47.2. The predicted octanol–water partition coefficient (Wildman–Crippen LogP) is 16.9. The van der Waals surface area contributed by atoms with Crippen LogP contribution in [0.1, 0.15) is 188 Å². The number of hydrogen-bond donors (Lipinski definition) is 0. The molecule has 6 nitrogen and oxygen atoms in total. The molecule has 0 amide bonds. The third-order valence-corrected chi connectivity index (χ3v) is 9.83. The van der Waals surface area contributed by atoms with Crippen LogP contribution in [-0.4, -0.2) is 37.2 Å². The summed E-state index contributed by atoms with van der Waals surface area (Å²) >= 11 is 0. The maximum atomic E-state index is 12.8. The fraction of sp³-hybridized carbons (Fsp3) is 0.542. The van der Waals surface area contributed by atoms with Gasteiger partial charge < -0.3 is 14.2 Å². The molecule has 0 aliphatic rings. The van der Waals surface area contributed by atoms with E-state index in [1.165, 1.54) is 0 Å². The molecule has 65 heavy (non-hydrogen) atoms. The Bertz CT molecular complexity index is 1490. The molecule has 6 heteroatoms. The lowest BCUT2D eigenvalue weighted by Gasteiger charge is -2.18. The number of carbonyl (C=O) groups excluding carboxylic acids is 3. The van der Waals surface area contributed by atoms with Crippen molar-refractivity contribution in [1.82, 2.24) is 0 Å². The summed E-state index contributed by atoms with van der Waals surface area (Å²) in [6.07, 6.45) is 74.1. The van der Waals surface area contributed by atoms with Crippen LogP contribution >= 0.6 is 0 Å². The minimum absolute atomic E-state index is 0.131. The van der Waals surface area contributed by atoms with Crippen LogP contribution in [0.5, 0.6) is 0 Å². The molecule has 0 aromatic carbocycles. The van der Waals surface area contributed by atoms with Crippen LogP contribution in [0.15, 0.2) is 146 Å². The van der Waals surface area contributed by atoms with Crippen molar-refractivity contribution in [3.05, 3.63) is 146 Å². The molecule has 0 rings (SSSR count). The number of carbonyl (C=O) groups is 3. The number of unbranched alkanes of at least 4 members (excludes halogenated alkanes) is 8. The maximum Gasteiger partial charge on any atom is 0.306 e. The average Bonchev–Trinajstić information content (AvgIpc) is 3.30. The fourth-order valence-electron chi connectivity index (χ4n) is 6.14. The second kappa shape index (κ2) is 51.9. The largest absolute Gasteiger partial charge is 0.462 e. The number of allylic oxidation sites excluding steroid dienone is 24. The van der Waals surface area contributed by atoms with Crippen LogP contribution in [0.2, 0.25) is 0 Å². The van der Waals surface area contributed by atoms with E-state index in [0.717, 1.165) is 141 Å². The molecule has 0 fully saturated rings. The Morgan fingerprint density at radius 1 is 0.308 bits per heavy atom. The van der Waals surface area contributed by atoms with Gasteiger partial charge in [0.25, 0.3) is 0 Å². The highest BCUT2D eigenvalue weighted by atomic mass is 16.6. The molecule has 0 bridgehead atoms. The summed E-state index contributed by atoms with van der Waals surface area (Å²) in [7, 11) is 0. The molecule has 0 N–H and O–H groups in total. The second-order valence-electron chi connectivity index (χ2n) is 15.9. The standard InChI is InChI=1S/C59H90O6/c1-4-7-10-13-16-19-22-25-27-28-29-30-32-34-37-40-43-46-49-52-58(61)64-55-56(54-63-57(60)51-48-45-42-39-36-33-24-21-18-15-12-9-6-3)65-59(62)53-50-47-44-41-38-35-31-26-23-20-17-14-11-8-5-2/h7-12,16-21,25-27,29-31,33-34,36-37,42,45,56H,4-6,13-15,22-24,28,32,35,38-41,43-44,46-55H2,1-3H3/b10-7-,11-8-,12-9-,19-16-,20-17-,21-18-,27-25-,30-29-,31-26-,36-33-,37-34-,45-42-. The van der Waals surface area contributed by atoms with Gasteiger partial charge >= 0.3 is 17.9 Å². The molecular weight excluding hydrogens is 805 g/mol. The Morgan fingerprint density at radius 2 is 0.585 bits per heavy atom. The second-order valence-corrected chi connectivity index (χ2v) is 15.9. The molecule has 0 aromatic heterocycles. The molecule has 1 unspecified atom stereocenters. The molecule has 1 atom stereocenters. The van der Waals surface area contributed by atoms with E-state index in [0.29, 0.717) is 12.8 Å². The van der Waals surface area contributed by atoms with E-state index in [4.69, 9.17) is 14.2 Å². The number of hydrogen-bond acceptors (Lipinski definition) is 6. The lowest BCUT2D eigenvalue weighted by molar-refractivity contribution is -0.166. The molecule has 0 saturated carbocycles. The van der Waals surface area contributed by atoms with Crippen molar-refractivity contribution < 1.29 is 28.6 Å². The Labute approximate surface area is 397 Å². The Hall–Kier alpha value is -4.71. The van der Waals surface area contributed by atoms with Crippen molar-refractivity contribution >= 4 is 17.9 Å². The first kappa shape index (κ1) is 60.3. The van der Waals surface area contributed by atoms with Gasteiger partial charge in [0.15, 0.2) is 6.10 Å². The van der Waals surface area contributed by atoms with Crippen molar-refractivity contribution in [2.75, 3.05) is 13.2 Å². The Kier molecular flexibility index (Phi) is 48.2. The van der Waals surface area contributed by atoms with Gasteiger partial charge in [0.2, 0.25) is 0 Å². The molecule has 0 radical (unpaired) electrons. The lowest BCUT2D eigenvalue weighted by atomic mass is 10.1. The summed E-state index contributed by atoms with van der Waals surface area (Å²) in [5.74, 6) is -1.07. The van der Waals surface area contributed by atoms with E-state index in [-0.39, 0.29) is 44.0 Å². The van der Waals surface area contributed by atoms with Gasteiger partial charge in [-0.05, 0) is 122 Å². The smallest absolute Gasteiger partial charge is 0.306 e. The normalized spacial score (nSPS) is 13.3. The van der Waals surface area contributed by atoms with Crippen LogP contribution in [0.25, 0.3) is 0 Å². The quantitative estimate of drug-likeness (QED) is 0.0263. The van der Waals surface area contributed by atoms with E-state index in [1.54, 1.807) is 0 Å². The van der Waals surface area contributed by atoms with E-state index in [1.807, 2.05) is 12.2 Å². The lowest BCUT2D eigenvalue weighted by Crippen LogP contribution is -2.30.